The number of benzene rings is 2. The fraction of sp³-hybridized carbons (Fsp3) is 0.0714. The van der Waals surface area contributed by atoms with Crippen molar-refractivity contribution >= 4 is 31.6 Å². The van der Waals surface area contributed by atoms with Gasteiger partial charge in [-0.1, -0.05) is 12.1 Å². The van der Waals surface area contributed by atoms with Gasteiger partial charge in [-0.25, -0.2) is 8.42 Å². The van der Waals surface area contributed by atoms with E-state index in [9.17, 15) is 8.42 Å². The first-order valence-electron chi connectivity index (χ1n) is 5.83. The normalized spacial score (nSPS) is 10.7. The van der Waals surface area contributed by atoms with Crippen LogP contribution in [0.3, 0.4) is 0 Å². The molecule has 0 bridgehead atoms. The molecule has 0 saturated carbocycles. The zero-order valence-electron chi connectivity index (χ0n) is 11.0. The Morgan fingerprint density at radius 3 is 2.62 bits per heavy atom. The van der Waals surface area contributed by atoms with Crippen LogP contribution in [-0.4, -0.2) is 15.5 Å². The number of hydrogen-bond acceptors (Lipinski definition) is 4. The van der Waals surface area contributed by atoms with Gasteiger partial charge < -0.3 is 4.74 Å². The lowest BCUT2D eigenvalue weighted by molar-refractivity contribution is 0.412. The Kier molecular flexibility index (Phi) is 4.50. The second kappa shape index (κ2) is 6.16. The van der Waals surface area contributed by atoms with Gasteiger partial charge in [-0.15, -0.1) is 0 Å². The number of nitrogens with zero attached hydrogens (tertiary/aromatic N) is 1. The van der Waals surface area contributed by atoms with Gasteiger partial charge in [0.15, 0.2) is 0 Å². The third kappa shape index (κ3) is 3.35. The SMILES string of the molecule is COc1cc(NS(=O)(=O)c2ccccc2C#N)ccc1Br. The number of rotatable bonds is 4. The first-order valence-corrected chi connectivity index (χ1v) is 8.11. The highest BCUT2D eigenvalue weighted by atomic mass is 79.9. The second-order valence-electron chi connectivity index (χ2n) is 4.06. The molecular formula is C14H11BrN2O3S. The van der Waals surface area contributed by atoms with Crippen LogP contribution in [0.25, 0.3) is 0 Å². The minimum Gasteiger partial charge on any atom is -0.495 e. The molecule has 0 saturated heterocycles. The highest BCUT2D eigenvalue weighted by Crippen LogP contribution is 2.29. The molecule has 0 spiro atoms. The summed E-state index contributed by atoms with van der Waals surface area (Å²) in [5.74, 6) is 0.503. The van der Waals surface area contributed by atoms with Gasteiger partial charge in [0.05, 0.1) is 22.8 Å². The van der Waals surface area contributed by atoms with E-state index in [-0.39, 0.29) is 10.5 Å². The number of halogens is 1. The molecule has 21 heavy (non-hydrogen) atoms. The Morgan fingerprint density at radius 1 is 1.24 bits per heavy atom. The summed E-state index contributed by atoms with van der Waals surface area (Å²) in [6.07, 6.45) is 0. The zero-order valence-corrected chi connectivity index (χ0v) is 13.4. The summed E-state index contributed by atoms with van der Waals surface area (Å²) >= 11 is 3.29. The molecule has 108 valence electrons. The zero-order chi connectivity index (χ0) is 15.5. The van der Waals surface area contributed by atoms with Gasteiger partial charge in [0, 0.05) is 6.07 Å². The molecule has 0 heterocycles. The molecule has 0 amide bonds. The van der Waals surface area contributed by atoms with Crippen molar-refractivity contribution in [1.82, 2.24) is 0 Å². The fourth-order valence-corrected chi connectivity index (χ4v) is 3.34. The number of anilines is 1. The van der Waals surface area contributed by atoms with Crippen LogP contribution in [0.1, 0.15) is 5.56 Å². The number of methoxy groups -OCH3 is 1. The number of nitrogens with one attached hydrogen (secondary N) is 1. The summed E-state index contributed by atoms with van der Waals surface area (Å²) in [5.41, 5.74) is 0.442. The van der Waals surface area contributed by atoms with E-state index in [2.05, 4.69) is 20.7 Å². The minimum atomic E-state index is -3.84. The van der Waals surface area contributed by atoms with E-state index in [1.165, 1.54) is 19.2 Å². The van der Waals surface area contributed by atoms with Gasteiger partial charge in [-0.3, -0.25) is 4.72 Å². The van der Waals surface area contributed by atoms with Gasteiger partial charge in [-0.2, -0.15) is 5.26 Å². The number of sulfonamides is 1. The quantitative estimate of drug-likeness (QED) is 0.901. The van der Waals surface area contributed by atoms with Crippen molar-refractivity contribution in [1.29, 1.82) is 5.26 Å². The second-order valence-corrected chi connectivity index (χ2v) is 6.57. The molecule has 0 aromatic heterocycles. The third-order valence-electron chi connectivity index (χ3n) is 2.70. The van der Waals surface area contributed by atoms with Gasteiger partial charge >= 0.3 is 0 Å². The van der Waals surface area contributed by atoms with Crippen LogP contribution in [0.5, 0.6) is 5.75 Å². The lowest BCUT2D eigenvalue weighted by Crippen LogP contribution is -2.14. The summed E-state index contributed by atoms with van der Waals surface area (Å²) in [7, 11) is -2.35. The minimum absolute atomic E-state index is 0.0608. The maximum atomic E-state index is 12.4. The lowest BCUT2D eigenvalue weighted by Gasteiger charge is -2.11. The average Bonchev–Trinajstić information content (AvgIpc) is 2.49. The summed E-state index contributed by atoms with van der Waals surface area (Å²) in [6, 6.07) is 12.7. The van der Waals surface area contributed by atoms with E-state index in [0.717, 1.165) is 0 Å². The number of hydrogen-bond donors (Lipinski definition) is 1. The van der Waals surface area contributed by atoms with Gasteiger partial charge in [-0.05, 0) is 40.2 Å². The molecular weight excluding hydrogens is 356 g/mol. The largest absolute Gasteiger partial charge is 0.495 e. The molecule has 2 rings (SSSR count). The van der Waals surface area contributed by atoms with Gasteiger partial charge in [0.1, 0.15) is 16.7 Å². The lowest BCUT2D eigenvalue weighted by atomic mass is 10.2. The summed E-state index contributed by atoms with van der Waals surface area (Å²) in [4.78, 5) is -0.0608. The summed E-state index contributed by atoms with van der Waals surface area (Å²) < 4.78 is 33.0. The molecule has 0 aliphatic carbocycles. The van der Waals surface area contributed by atoms with Gasteiger partial charge in [0.2, 0.25) is 0 Å². The number of nitriles is 1. The van der Waals surface area contributed by atoms with E-state index in [1.807, 2.05) is 6.07 Å². The highest BCUT2D eigenvalue weighted by molar-refractivity contribution is 9.10. The van der Waals surface area contributed by atoms with Gasteiger partial charge in [0.25, 0.3) is 10.0 Å². The average molecular weight is 367 g/mol. The Hall–Kier alpha value is -2.04. The van der Waals surface area contributed by atoms with Crippen molar-refractivity contribution in [3.8, 4) is 11.8 Å². The van der Waals surface area contributed by atoms with E-state index < -0.39 is 10.0 Å². The predicted molar refractivity (Wildman–Crippen MR) is 82.7 cm³/mol. The maximum Gasteiger partial charge on any atom is 0.263 e. The molecule has 0 aliphatic rings. The van der Waals surface area contributed by atoms with Crippen molar-refractivity contribution in [2.45, 2.75) is 4.90 Å². The fourth-order valence-electron chi connectivity index (χ4n) is 1.73. The van der Waals surface area contributed by atoms with Crippen LogP contribution >= 0.6 is 15.9 Å². The van der Waals surface area contributed by atoms with Crippen molar-refractivity contribution in [3.05, 3.63) is 52.5 Å². The Bertz CT molecular complexity index is 813. The standard InChI is InChI=1S/C14H11BrN2O3S/c1-20-13-8-11(6-7-12(13)15)17-21(18,19)14-5-3-2-4-10(14)9-16/h2-8,17H,1H3. The molecule has 5 nitrogen and oxygen atoms in total. The molecule has 0 aliphatic heterocycles. The van der Waals surface area contributed by atoms with Crippen LogP contribution < -0.4 is 9.46 Å². The Morgan fingerprint density at radius 2 is 1.95 bits per heavy atom. The molecule has 0 fully saturated rings. The van der Waals surface area contributed by atoms with Crippen molar-refractivity contribution < 1.29 is 13.2 Å². The van der Waals surface area contributed by atoms with Crippen LogP contribution in [-0.2, 0) is 10.0 Å². The molecule has 1 N–H and O–H groups in total. The summed E-state index contributed by atoms with van der Waals surface area (Å²) in [6.45, 7) is 0. The highest BCUT2D eigenvalue weighted by Gasteiger charge is 2.18. The van der Waals surface area contributed by atoms with E-state index >= 15 is 0 Å². The third-order valence-corrected chi connectivity index (χ3v) is 4.79. The maximum absolute atomic E-state index is 12.4. The number of ether oxygens (including phenoxy) is 1. The molecule has 0 unspecified atom stereocenters. The molecule has 7 heteroatoms. The van der Waals surface area contributed by atoms with Crippen molar-refractivity contribution in [2.24, 2.45) is 0 Å². The molecule has 0 radical (unpaired) electrons. The first kappa shape index (κ1) is 15.4. The topological polar surface area (TPSA) is 79.2 Å². The molecule has 2 aromatic rings. The van der Waals surface area contributed by atoms with E-state index in [1.54, 1.807) is 30.3 Å². The summed E-state index contributed by atoms with van der Waals surface area (Å²) in [5, 5.41) is 9.00. The smallest absolute Gasteiger partial charge is 0.263 e. The van der Waals surface area contributed by atoms with Crippen molar-refractivity contribution in [2.75, 3.05) is 11.8 Å². The van der Waals surface area contributed by atoms with Crippen molar-refractivity contribution in [3.63, 3.8) is 0 Å². The van der Waals surface area contributed by atoms with Crippen LogP contribution in [0.15, 0.2) is 51.8 Å². The Balaban J connectivity index is 2.40. The Labute approximate surface area is 131 Å². The monoisotopic (exact) mass is 366 g/mol. The predicted octanol–water partition coefficient (Wildman–Crippen LogP) is 3.13. The molecule has 0 atom stereocenters. The van der Waals surface area contributed by atoms with E-state index in [4.69, 9.17) is 10.00 Å². The molecule has 2 aromatic carbocycles. The first-order chi connectivity index (χ1) is 9.97. The van der Waals surface area contributed by atoms with Crippen LogP contribution in [0, 0.1) is 11.3 Å². The van der Waals surface area contributed by atoms with Crippen LogP contribution in [0.4, 0.5) is 5.69 Å². The van der Waals surface area contributed by atoms with E-state index in [0.29, 0.717) is 15.9 Å². The van der Waals surface area contributed by atoms with Crippen LogP contribution in [0.2, 0.25) is 0 Å².